The topological polar surface area (TPSA) is 77.0 Å². The Labute approximate surface area is 186 Å². The van der Waals surface area contributed by atoms with E-state index in [1.807, 2.05) is 6.07 Å². The fourth-order valence-electron chi connectivity index (χ4n) is 4.39. The van der Waals surface area contributed by atoms with Crippen molar-refractivity contribution in [1.82, 2.24) is 39.2 Å². The van der Waals surface area contributed by atoms with Crippen molar-refractivity contribution in [2.45, 2.75) is 52.0 Å². The molecule has 4 aromatic heterocycles. The summed E-state index contributed by atoms with van der Waals surface area (Å²) in [5.41, 5.74) is 3.68. The first-order valence-corrected chi connectivity index (χ1v) is 11.3. The Morgan fingerprint density at radius 1 is 1.06 bits per heavy atom. The summed E-state index contributed by atoms with van der Waals surface area (Å²) in [6.45, 7) is 5.13. The second-order valence-corrected chi connectivity index (χ2v) is 8.27. The zero-order valence-corrected chi connectivity index (χ0v) is 18.3. The molecule has 166 valence electrons. The second-order valence-electron chi connectivity index (χ2n) is 8.27. The molecule has 0 N–H and O–H groups in total. The molecule has 0 aliphatic carbocycles. The van der Waals surface area contributed by atoms with Gasteiger partial charge in [-0.15, -0.1) is 5.10 Å². The third-order valence-corrected chi connectivity index (χ3v) is 5.94. The minimum Gasteiger partial charge on any atom is -0.296 e. The van der Waals surface area contributed by atoms with Crippen molar-refractivity contribution < 1.29 is 4.39 Å². The van der Waals surface area contributed by atoms with Gasteiger partial charge in [0.15, 0.2) is 23.1 Å². The zero-order valence-electron chi connectivity index (χ0n) is 18.3. The van der Waals surface area contributed by atoms with Gasteiger partial charge in [-0.2, -0.15) is 5.10 Å². The lowest BCUT2D eigenvalue weighted by Crippen LogP contribution is -2.29. The molecule has 0 unspecified atom stereocenters. The van der Waals surface area contributed by atoms with Crippen molar-refractivity contribution in [3.63, 3.8) is 0 Å². The first-order valence-electron chi connectivity index (χ1n) is 11.3. The van der Waals surface area contributed by atoms with E-state index in [1.165, 1.54) is 25.3 Å². The molecular weight excluding hydrogens is 407 g/mol. The summed E-state index contributed by atoms with van der Waals surface area (Å²) in [6, 6.07) is 4.84. The summed E-state index contributed by atoms with van der Waals surface area (Å²) in [6.07, 6.45) is 11.1. The van der Waals surface area contributed by atoms with Gasteiger partial charge >= 0.3 is 0 Å². The van der Waals surface area contributed by atoms with Crippen LogP contribution in [0.1, 0.15) is 55.4 Å². The van der Waals surface area contributed by atoms with Crippen LogP contribution in [0.25, 0.3) is 11.5 Å². The third kappa shape index (κ3) is 4.12. The van der Waals surface area contributed by atoms with Crippen LogP contribution in [0.5, 0.6) is 0 Å². The monoisotopic (exact) mass is 434 g/mol. The molecule has 32 heavy (non-hydrogen) atoms. The van der Waals surface area contributed by atoms with Gasteiger partial charge in [0.1, 0.15) is 6.33 Å². The molecular formula is C23H27FN8. The highest BCUT2D eigenvalue weighted by atomic mass is 19.1. The summed E-state index contributed by atoms with van der Waals surface area (Å²) in [5.74, 6) is 0.621. The second kappa shape index (κ2) is 9.12. The predicted molar refractivity (Wildman–Crippen MR) is 118 cm³/mol. The molecule has 1 saturated heterocycles. The van der Waals surface area contributed by atoms with Crippen LogP contribution in [-0.2, 0) is 19.4 Å². The van der Waals surface area contributed by atoms with Crippen LogP contribution < -0.4 is 0 Å². The molecule has 0 spiro atoms. The first kappa shape index (κ1) is 20.7. The van der Waals surface area contributed by atoms with Crippen molar-refractivity contribution in [2.75, 3.05) is 13.1 Å². The van der Waals surface area contributed by atoms with Crippen molar-refractivity contribution in [3.05, 3.63) is 65.5 Å². The molecule has 0 bridgehead atoms. The van der Waals surface area contributed by atoms with Gasteiger partial charge < -0.3 is 0 Å². The van der Waals surface area contributed by atoms with Gasteiger partial charge in [-0.25, -0.2) is 28.5 Å². The maximum Gasteiger partial charge on any atom is 0.189 e. The van der Waals surface area contributed by atoms with Crippen LogP contribution in [0.3, 0.4) is 0 Å². The zero-order chi connectivity index (χ0) is 21.9. The first-order chi connectivity index (χ1) is 15.7. The fraction of sp³-hybridized carbons (Fsp3) is 0.435. The maximum absolute atomic E-state index is 14.3. The number of nitrogens with zero attached hydrogens (tertiary/aromatic N) is 8. The summed E-state index contributed by atoms with van der Waals surface area (Å²) in [4.78, 5) is 16.2. The SMILES string of the molecule is CCCc1c(Cc2ccnn2-c2ncccc2F)ncn2nc(CN3CCCCC3)nc12. The van der Waals surface area contributed by atoms with Crippen LogP contribution in [0.4, 0.5) is 4.39 Å². The molecule has 0 saturated carbocycles. The molecule has 4 aromatic rings. The van der Waals surface area contributed by atoms with E-state index in [0.717, 1.165) is 60.9 Å². The van der Waals surface area contributed by atoms with E-state index in [1.54, 1.807) is 34.0 Å². The number of hydrogen-bond donors (Lipinski definition) is 0. The minimum atomic E-state index is -0.408. The number of aromatic nitrogens is 7. The van der Waals surface area contributed by atoms with Gasteiger partial charge in [0, 0.05) is 24.4 Å². The van der Waals surface area contributed by atoms with Gasteiger partial charge in [-0.05, 0) is 50.6 Å². The molecule has 5 heterocycles. The summed E-state index contributed by atoms with van der Waals surface area (Å²) < 4.78 is 17.6. The number of fused-ring (bicyclic) bond motifs is 1. The Hall–Kier alpha value is -3.20. The maximum atomic E-state index is 14.3. The van der Waals surface area contributed by atoms with Crippen LogP contribution in [0.2, 0.25) is 0 Å². The summed E-state index contributed by atoms with van der Waals surface area (Å²) >= 11 is 0. The molecule has 0 aromatic carbocycles. The highest BCUT2D eigenvalue weighted by Gasteiger charge is 2.19. The van der Waals surface area contributed by atoms with Gasteiger partial charge in [0.25, 0.3) is 0 Å². The highest BCUT2D eigenvalue weighted by molar-refractivity contribution is 5.50. The van der Waals surface area contributed by atoms with E-state index < -0.39 is 5.82 Å². The number of aryl methyl sites for hydroxylation is 1. The lowest BCUT2D eigenvalue weighted by molar-refractivity contribution is 0.216. The smallest absolute Gasteiger partial charge is 0.189 e. The number of piperidine rings is 1. The van der Waals surface area contributed by atoms with Gasteiger partial charge in [-0.1, -0.05) is 19.8 Å². The highest BCUT2D eigenvalue weighted by Crippen LogP contribution is 2.21. The Kier molecular flexibility index (Phi) is 5.89. The molecule has 5 rings (SSSR count). The number of likely N-dealkylation sites (tertiary alicyclic amines) is 1. The standard InChI is InChI=1S/C23H27FN8/c1-2-7-18-20(14-17-9-11-27-32(17)23-19(24)8-6-10-25-23)26-16-31-22(18)28-21(29-31)15-30-12-4-3-5-13-30/h6,8-11,16H,2-5,7,12-15H2,1H3. The average molecular weight is 435 g/mol. The molecule has 9 heteroatoms. The average Bonchev–Trinajstić information content (AvgIpc) is 3.43. The van der Waals surface area contributed by atoms with Crippen LogP contribution in [-0.4, -0.2) is 52.3 Å². The molecule has 0 amide bonds. The van der Waals surface area contributed by atoms with Crippen LogP contribution >= 0.6 is 0 Å². The van der Waals surface area contributed by atoms with E-state index in [9.17, 15) is 4.39 Å². The lowest BCUT2D eigenvalue weighted by Gasteiger charge is -2.24. The Morgan fingerprint density at radius 2 is 1.94 bits per heavy atom. The van der Waals surface area contributed by atoms with E-state index in [4.69, 9.17) is 9.97 Å². The minimum absolute atomic E-state index is 0.192. The largest absolute Gasteiger partial charge is 0.296 e. The van der Waals surface area contributed by atoms with Crippen LogP contribution in [0, 0.1) is 5.82 Å². The molecule has 1 aliphatic rings. The predicted octanol–water partition coefficient (Wildman–Crippen LogP) is 3.37. The Morgan fingerprint density at radius 3 is 2.75 bits per heavy atom. The fourth-order valence-corrected chi connectivity index (χ4v) is 4.39. The van der Waals surface area contributed by atoms with Crippen molar-refractivity contribution in [2.24, 2.45) is 0 Å². The third-order valence-electron chi connectivity index (χ3n) is 5.94. The normalized spacial score (nSPS) is 14.9. The molecule has 1 fully saturated rings. The van der Waals surface area contributed by atoms with Crippen molar-refractivity contribution in [1.29, 1.82) is 0 Å². The quantitative estimate of drug-likeness (QED) is 0.444. The van der Waals surface area contributed by atoms with Crippen molar-refractivity contribution >= 4 is 5.65 Å². The molecule has 8 nitrogen and oxygen atoms in total. The van der Waals surface area contributed by atoms with E-state index in [0.29, 0.717) is 6.42 Å². The number of pyridine rings is 1. The van der Waals surface area contributed by atoms with E-state index >= 15 is 0 Å². The number of hydrogen-bond acceptors (Lipinski definition) is 6. The van der Waals surface area contributed by atoms with Gasteiger partial charge in [0.2, 0.25) is 0 Å². The summed E-state index contributed by atoms with van der Waals surface area (Å²) in [5, 5.41) is 8.99. The van der Waals surface area contributed by atoms with E-state index in [-0.39, 0.29) is 5.82 Å². The van der Waals surface area contributed by atoms with Gasteiger partial charge in [0.05, 0.1) is 17.9 Å². The lowest BCUT2D eigenvalue weighted by atomic mass is 10.1. The van der Waals surface area contributed by atoms with Crippen molar-refractivity contribution in [3.8, 4) is 5.82 Å². The summed E-state index contributed by atoms with van der Waals surface area (Å²) in [7, 11) is 0. The number of rotatable bonds is 7. The van der Waals surface area contributed by atoms with E-state index in [2.05, 4.69) is 27.0 Å². The Balaban J connectivity index is 1.47. The molecule has 1 aliphatic heterocycles. The number of halogens is 1. The molecule has 0 radical (unpaired) electrons. The van der Waals surface area contributed by atoms with Gasteiger partial charge in [-0.3, -0.25) is 4.90 Å². The van der Waals surface area contributed by atoms with Crippen LogP contribution in [0.15, 0.2) is 36.9 Å². The molecule has 0 atom stereocenters. The Bertz CT molecular complexity index is 1210.